The Bertz CT molecular complexity index is 1260. The van der Waals surface area contributed by atoms with Gasteiger partial charge in [-0.25, -0.2) is 4.39 Å². The Hall–Kier alpha value is -4.00. The first kappa shape index (κ1) is 21.8. The first-order valence-electron chi connectivity index (χ1n) is 11.1. The van der Waals surface area contributed by atoms with Gasteiger partial charge in [0.05, 0.1) is 31.6 Å². The van der Waals surface area contributed by atoms with Crippen LogP contribution in [0.5, 0.6) is 17.2 Å². The number of carbonyl (C=O) groups is 1. The highest BCUT2D eigenvalue weighted by molar-refractivity contribution is 6.01. The SMILES string of the molecule is COc1cc([C@@H]2Nc3ccccc3NC3=C2C(=O)C[C@@H](c2ccc(F)cc2)C3)cc(OC)c1O. The number of Topliss-reactive ketones (excluding diaryl/α,β-unsaturated/α-hetero) is 1. The number of halogens is 1. The maximum Gasteiger partial charge on any atom is 0.200 e. The van der Waals surface area contributed by atoms with Gasteiger partial charge < -0.3 is 25.2 Å². The molecule has 7 heteroatoms. The molecule has 0 saturated heterocycles. The maximum atomic E-state index is 13.6. The summed E-state index contributed by atoms with van der Waals surface area (Å²) >= 11 is 0. The number of phenols is 1. The van der Waals surface area contributed by atoms with E-state index in [1.165, 1.54) is 26.4 Å². The van der Waals surface area contributed by atoms with E-state index in [0.29, 0.717) is 18.4 Å². The van der Waals surface area contributed by atoms with Gasteiger partial charge in [0.2, 0.25) is 5.75 Å². The van der Waals surface area contributed by atoms with Crippen LogP contribution in [0.25, 0.3) is 0 Å². The van der Waals surface area contributed by atoms with Gasteiger partial charge in [-0.15, -0.1) is 0 Å². The van der Waals surface area contributed by atoms with Gasteiger partial charge >= 0.3 is 0 Å². The first-order valence-corrected chi connectivity index (χ1v) is 11.1. The molecule has 2 atom stereocenters. The van der Waals surface area contributed by atoms with E-state index < -0.39 is 6.04 Å². The van der Waals surface area contributed by atoms with E-state index in [4.69, 9.17) is 9.47 Å². The number of phenolic OH excluding ortho intramolecular Hbond substituents is 1. The maximum absolute atomic E-state index is 13.6. The zero-order valence-electron chi connectivity index (χ0n) is 18.9. The van der Waals surface area contributed by atoms with Gasteiger partial charge in [-0.2, -0.15) is 0 Å². The second-order valence-corrected chi connectivity index (χ2v) is 8.49. The number of para-hydroxylation sites is 2. The second-order valence-electron chi connectivity index (χ2n) is 8.49. The summed E-state index contributed by atoms with van der Waals surface area (Å²) in [4.78, 5) is 13.6. The van der Waals surface area contributed by atoms with Crippen LogP contribution in [-0.4, -0.2) is 25.1 Å². The molecule has 1 aliphatic heterocycles. The van der Waals surface area contributed by atoms with Crippen molar-refractivity contribution < 1.29 is 23.8 Å². The number of fused-ring (bicyclic) bond motifs is 1. The van der Waals surface area contributed by atoms with Crippen molar-refractivity contribution >= 4 is 17.2 Å². The van der Waals surface area contributed by atoms with Crippen molar-refractivity contribution in [1.29, 1.82) is 0 Å². The fourth-order valence-electron chi connectivity index (χ4n) is 4.79. The minimum absolute atomic E-state index is 0.000565. The van der Waals surface area contributed by atoms with Crippen molar-refractivity contribution in [2.75, 3.05) is 24.9 Å². The summed E-state index contributed by atoms with van der Waals surface area (Å²) in [5.41, 5.74) is 4.81. The van der Waals surface area contributed by atoms with Gasteiger partial charge in [0.1, 0.15) is 5.82 Å². The lowest BCUT2D eigenvalue weighted by Gasteiger charge is -2.30. The van der Waals surface area contributed by atoms with Crippen LogP contribution in [0.4, 0.5) is 15.8 Å². The van der Waals surface area contributed by atoms with Crippen LogP contribution in [0, 0.1) is 5.82 Å². The number of rotatable bonds is 4. The zero-order chi connectivity index (χ0) is 23.8. The number of anilines is 2. The number of ether oxygens (including phenoxy) is 2. The molecule has 3 aromatic rings. The third kappa shape index (κ3) is 3.83. The van der Waals surface area contributed by atoms with E-state index in [1.54, 1.807) is 24.3 Å². The Morgan fingerprint density at radius 2 is 1.56 bits per heavy atom. The van der Waals surface area contributed by atoms with E-state index >= 15 is 0 Å². The summed E-state index contributed by atoms with van der Waals surface area (Å²) in [6, 6.07) is 17.1. The Labute approximate surface area is 197 Å². The molecule has 1 aliphatic carbocycles. The molecule has 0 radical (unpaired) electrons. The van der Waals surface area contributed by atoms with Crippen molar-refractivity contribution in [2.45, 2.75) is 24.8 Å². The quantitative estimate of drug-likeness (QED) is 0.475. The predicted molar refractivity (Wildman–Crippen MR) is 128 cm³/mol. The summed E-state index contributed by atoms with van der Waals surface area (Å²) < 4.78 is 24.2. The first-order chi connectivity index (χ1) is 16.5. The minimum Gasteiger partial charge on any atom is -0.502 e. The van der Waals surface area contributed by atoms with Crippen molar-refractivity contribution in [3.8, 4) is 17.2 Å². The summed E-state index contributed by atoms with van der Waals surface area (Å²) in [5.74, 6) is 0.0641. The van der Waals surface area contributed by atoms with Crippen LogP contribution in [0.1, 0.15) is 35.9 Å². The molecule has 0 amide bonds. The number of ketones is 1. The molecule has 0 bridgehead atoms. The summed E-state index contributed by atoms with van der Waals surface area (Å²) in [6.07, 6.45) is 0.915. The van der Waals surface area contributed by atoms with E-state index in [2.05, 4.69) is 10.6 Å². The zero-order valence-corrected chi connectivity index (χ0v) is 18.9. The highest BCUT2D eigenvalue weighted by atomic mass is 19.1. The van der Waals surface area contributed by atoms with Gasteiger partial charge in [-0.05, 0) is 59.9 Å². The number of hydrogen-bond acceptors (Lipinski definition) is 6. The third-order valence-corrected chi connectivity index (χ3v) is 6.49. The average Bonchev–Trinajstić information content (AvgIpc) is 3.01. The Morgan fingerprint density at radius 1 is 0.912 bits per heavy atom. The predicted octanol–water partition coefficient (Wildman–Crippen LogP) is 5.53. The van der Waals surface area contributed by atoms with Crippen molar-refractivity contribution in [3.05, 3.63) is 88.9 Å². The average molecular weight is 461 g/mol. The smallest absolute Gasteiger partial charge is 0.200 e. The number of aromatic hydroxyl groups is 1. The molecule has 3 N–H and O–H groups in total. The normalized spacial score (nSPS) is 19.3. The molecule has 1 heterocycles. The summed E-state index contributed by atoms with van der Waals surface area (Å²) in [5, 5.41) is 17.4. The monoisotopic (exact) mass is 460 g/mol. The van der Waals surface area contributed by atoms with Crippen LogP contribution in [-0.2, 0) is 4.79 Å². The van der Waals surface area contributed by atoms with Crippen LogP contribution in [0.2, 0.25) is 0 Å². The van der Waals surface area contributed by atoms with E-state index in [9.17, 15) is 14.3 Å². The summed E-state index contributed by atoms with van der Waals surface area (Å²) in [7, 11) is 2.94. The van der Waals surface area contributed by atoms with Crippen LogP contribution >= 0.6 is 0 Å². The topological polar surface area (TPSA) is 79.8 Å². The number of carbonyl (C=O) groups excluding carboxylic acids is 1. The number of hydrogen-bond donors (Lipinski definition) is 3. The van der Waals surface area contributed by atoms with E-state index in [-0.39, 0.29) is 34.8 Å². The third-order valence-electron chi connectivity index (χ3n) is 6.49. The summed E-state index contributed by atoms with van der Waals surface area (Å²) in [6.45, 7) is 0. The van der Waals surface area contributed by atoms with Gasteiger partial charge in [0.25, 0.3) is 0 Å². The molecule has 0 unspecified atom stereocenters. The van der Waals surface area contributed by atoms with E-state index in [1.807, 2.05) is 24.3 Å². The second kappa shape index (κ2) is 8.74. The largest absolute Gasteiger partial charge is 0.502 e. The molecule has 0 aromatic heterocycles. The standard InChI is InChI=1S/C27H25FN2O4/c1-33-23-13-17(14-24(34-2)27(23)32)26-25-21(29-19-5-3-4-6-20(19)30-26)11-16(12-22(25)31)15-7-9-18(28)10-8-15/h3-10,13-14,16,26,29-30,32H,11-12H2,1-2H3/t16-,26-/m0/s1. The van der Waals surface area contributed by atoms with Gasteiger partial charge in [-0.3, -0.25) is 4.79 Å². The molecule has 0 saturated carbocycles. The number of benzene rings is 3. The van der Waals surface area contributed by atoms with Gasteiger partial charge in [-0.1, -0.05) is 24.3 Å². The van der Waals surface area contributed by atoms with Gasteiger partial charge in [0.15, 0.2) is 17.3 Å². The fourth-order valence-corrected chi connectivity index (χ4v) is 4.79. The van der Waals surface area contributed by atoms with Crippen LogP contribution in [0.3, 0.4) is 0 Å². The molecule has 174 valence electrons. The Morgan fingerprint density at radius 3 is 2.21 bits per heavy atom. The minimum atomic E-state index is -0.490. The molecule has 2 aliphatic rings. The Kier molecular flexibility index (Phi) is 5.61. The molecule has 6 nitrogen and oxygen atoms in total. The lowest BCUT2D eigenvalue weighted by Crippen LogP contribution is -2.27. The highest BCUT2D eigenvalue weighted by Crippen LogP contribution is 2.47. The van der Waals surface area contributed by atoms with Crippen LogP contribution in [0.15, 0.2) is 71.9 Å². The lowest BCUT2D eigenvalue weighted by molar-refractivity contribution is -0.116. The number of methoxy groups -OCH3 is 2. The van der Waals surface area contributed by atoms with E-state index in [0.717, 1.165) is 28.2 Å². The lowest BCUT2D eigenvalue weighted by atomic mass is 9.78. The highest BCUT2D eigenvalue weighted by Gasteiger charge is 2.36. The molecule has 0 fully saturated rings. The molecular formula is C27H25FN2O4. The van der Waals surface area contributed by atoms with Crippen molar-refractivity contribution in [1.82, 2.24) is 0 Å². The van der Waals surface area contributed by atoms with Crippen molar-refractivity contribution in [3.63, 3.8) is 0 Å². The fraction of sp³-hybridized carbons (Fsp3) is 0.222. The van der Waals surface area contributed by atoms with Crippen molar-refractivity contribution in [2.24, 2.45) is 0 Å². The molecule has 3 aromatic carbocycles. The van der Waals surface area contributed by atoms with Crippen LogP contribution < -0.4 is 20.1 Å². The molecule has 5 rings (SSSR count). The number of allylic oxidation sites excluding steroid dienone is 1. The number of nitrogens with one attached hydrogen (secondary N) is 2. The molecule has 34 heavy (non-hydrogen) atoms. The molecule has 0 spiro atoms. The molecular weight excluding hydrogens is 435 g/mol. The Balaban J connectivity index is 1.64. The van der Waals surface area contributed by atoms with Gasteiger partial charge in [0, 0.05) is 17.7 Å².